The zero-order valence-corrected chi connectivity index (χ0v) is 16.2. The van der Waals surface area contributed by atoms with E-state index in [9.17, 15) is 4.79 Å². The number of aromatic nitrogens is 1. The molecule has 0 N–H and O–H groups in total. The molecule has 0 bridgehead atoms. The molecule has 1 aromatic heterocycles. The summed E-state index contributed by atoms with van der Waals surface area (Å²) in [6.07, 6.45) is 12.2. The van der Waals surface area contributed by atoms with Gasteiger partial charge in [0.1, 0.15) is 18.0 Å². The fourth-order valence-electron chi connectivity index (χ4n) is 3.93. The number of hydrogen-bond acceptors (Lipinski definition) is 4. The first-order valence-electron chi connectivity index (χ1n) is 10.2. The third-order valence-electron chi connectivity index (χ3n) is 5.57. The summed E-state index contributed by atoms with van der Waals surface area (Å²) in [6.45, 7) is 5.55. The first-order chi connectivity index (χ1) is 12.7. The average molecular weight is 360 g/mol. The molecule has 1 amide bonds. The van der Waals surface area contributed by atoms with Gasteiger partial charge in [-0.15, -0.1) is 0 Å². The predicted molar refractivity (Wildman–Crippen MR) is 101 cm³/mol. The first-order valence-corrected chi connectivity index (χ1v) is 10.2. The Morgan fingerprint density at radius 3 is 2.58 bits per heavy atom. The molecule has 5 nitrogen and oxygen atoms in total. The van der Waals surface area contributed by atoms with Crippen molar-refractivity contribution >= 4 is 5.91 Å². The summed E-state index contributed by atoms with van der Waals surface area (Å²) in [4.78, 5) is 18.9. The van der Waals surface area contributed by atoms with Gasteiger partial charge in [0.25, 0.3) is 5.91 Å². The van der Waals surface area contributed by atoms with Crippen molar-refractivity contribution in [2.24, 2.45) is 0 Å². The highest BCUT2D eigenvalue weighted by atomic mass is 16.5. The van der Waals surface area contributed by atoms with Crippen molar-refractivity contribution < 1.29 is 14.3 Å². The number of hydrogen-bond donors (Lipinski definition) is 0. The Morgan fingerprint density at radius 2 is 1.92 bits per heavy atom. The van der Waals surface area contributed by atoms with Crippen LogP contribution in [-0.4, -0.2) is 47.2 Å². The minimum Gasteiger partial charge on any atom is -0.490 e. The van der Waals surface area contributed by atoms with Gasteiger partial charge >= 0.3 is 0 Å². The number of nitrogens with zero attached hydrogens (tertiary/aromatic N) is 2. The maximum atomic E-state index is 12.9. The smallest absolute Gasteiger partial charge is 0.251 e. The molecule has 1 aliphatic heterocycles. The lowest BCUT2D eigenvalue weighted by atomic mass is 9.97. The third kappa shape index (κ3) is 4.97. The maximum Gasteiger partial charge on any atom is 0.251 e. The predicted octanol–water partition coefficient (Wildman–Crippen LogP) is 3.89. The van der Waals surface area contributed by atoms with Gasteiger partial charge < -0.3 is 14.4 Å². The molecular weight excluding hydrogens is 328 g/mol. The Balaban J connectivity index is 1.48. The molecule has 26 heavy (non-hydrogen) atoms. The van der Waals surface area contributed by atoms with Crippen molar-refractivity contribution in [1.29, 1.82) is 0 Å². The molecule has 2 fully saturated rings. The van der Waals surface area contributed by atoms with Crippen LogP contribution in [0.15, 0.2) is 18.5 Å². The highest BCUT2D eigenvalue weighted by molar-refractivity contribution is 5.81. The van der Waals surface area contributed by atoms with Crippen molar-refractivity contribution in [3.05, 3.63) is 24.0 Å². The summed E-state index contributed by atoms with van der Waals surface area (Å²) in [6, 6.07) is 1.91. The highest BCUT2D eigenvalue weighted by Crippen LogP contribution is 2.25. The van der Waals surface area contributed by atoms with Gasteiger partial charge in [-0.2, -0.15) is 0 Å². The molecule has 0 aromatic carbocycles. The number of aryl methyl sites for hydroxylation is 1. The van der Waals surface area contributed by atoms with Crippen LogP contribution in [0.3, 0.4) is 0 Å². The molecule has 5 heteroatoms. The van der Waals surface area contributed by atoms with Crippen LogP contribution in [0.1, 0.15) is 63.9 Å². The fraction of sp³-hybridized carbons (Fsp3) is 0.714. The largest absolute Gasteiger partial charge is 0.490 e. The van der Waals surface area contributed by atoms with E-state index < -0.39 is 0 Å². The van der Waals surface area contributed by atoms with E-state index in [4.69, 9.17) is 9.47 Å². The normalized spacial score (nSPS) is 20.8. The number of pyridine rings is 1. The van der Waals surface area contributed by atoms with E-state index in [0.717, 1.165) is 56.5 Å². The molecule has 0 spiro atoms. The molecule has 1 unspecified atom stereocenters. The number of carbonyl (C=O) groups is 1. The number of rotatable bonds is 6. The van der Waals surface area contributed by atoms with E-state index in [1.54, 1.807) is 6.20 Å². The Labute approximate surface area is 157 Å². The number of ether oxygens (including phenoxy) is 2. The van der Waals surface area contributed by atoms with E-state index in [1.165, 1.54) is 19.3 Å². The lowest BCUT2D eigenvalue weighted by Crippen LogP contribution is -2.47. The lowest BCUT2D eigenvalue weighted by molar-refractivity contribution is -0.151. The Morgan fingerprint density at radius 1 is 1.19 bits per heavy atom. The van der Waals surface area contributed by atoms with Crippen LogP contribution >= 0.6 is 0 Å². The molecular formula is C21H32N2O3. The quantitative estimate of drug-likeness (QED) is 0.772. The van der Waals surface area contributed by atoms with E-state index >= 15 is 0 Å². The van der Waals surface area contributed by atoms with Crippen LogP contribution in [0.5, 0.6) is 5.75 Å². The zero-order chi connectivity index (χ0) is 18.4. The number of amides is 1. The second-order valence-corrected chi connectivity index (χ2v) is 7.58. The van der Waals surface area contributed by atoms with E-state index in [2.05, 4.69) is 4.98 Å². The third-order valence-corrected chi connectivity index (χ3v) is 5.57. The van der Waals surface area contributed by atoms with Gasteiger partial charge in [-0.3, -0.25) is 9.78 Å². The molecule has 0 radical (unpaired) electrons. The number of likely N-dealkylation sites (tertiary alicyclic amines) is 1. The van der Waals surface area contributed by atoms with Crippen molar-refractivity contribution in [2.45, 2.75) is 83.5 Å². The molecule has 3 rings (SSSR count). The van der Waals surface area contributed by atoms with Crippen molar-refractivity contribution in [1.82, 2.24) is 9.88 Å². The van der Waals surface area contributed by atoms with Crippen LogP contribution in [0.2, 0.25) is 0 Å². The van der Waals surface area contributed by atoms with Gasteiger partial charge in [0, 0.05) is 43.9 Å². The monoisotopic (exact) mass is 360 g/mol. The van der Waals surface area contributed by atoms with Crippen molar-refractivity contribution in [3.63, 3.8) is 0 Å². The molecule has 2 aliphatic rings. The van der Waals surface area contributed by atoms with E-state index in [1.807, 2.05) is 31.0 Å². The zero-order valence-electron chi connectivity index (χ0n) is 16.2. The van der Waals surface area contributed by atoms with Gasteiger partial charge in [0.05, 0.1) is 6.10 Å². The summed E-state index contributed by atoms with van der Waals surface area (Å²) >= 11 is 0. The summed E-state index contributed by atoms with van der Waals surface area (Å²) in [5.41, 5.74) is 1.05. The summed E-state index contributed by atoms with van der Waals surface area (Å²) in [5.74, 6) is 1.06. The maximum absolute atomic E-state index is 12.9. The molecule has 1 aliphatic carbocycles. The minimum atomic E-state index is -0.280. The van der Waals surface area contributed by atoms with E-state index in [0.29, 0.717) is 0 Å². The van der Waals surface area contributed by atoms with Crippen LogP contribution in [0, 0.1) is 6.92 Å². The second-order valence-electron chi connectivity index (χ2n) is 7.58. The van der Waals surface area contributed by atoms with Crippen LogP contribution in [0.4, 0.5) is 0 Å². The molecule has 1 atom stereocenters. The van der Waals surface area contributed by atoms with E-state index in [-0.39, 0.29) is 24.2 Å². The van der Waals surface area contributed by atoms with Crippen molar-refractivity contribution in [2.75, 3.05) is 13.1 Å². The van der Waals surface area contributed by atoms with Gasteiger partial charge in [0.15, 0.2) is 0 Å². The second kappa shape index (κ2) is 9.36. The summed E-state index contributed by atoms with van der Waals surface area (Å²) in [5, 5.41) is 0. The average Bonchev–Trinajstić information content (AvgIpc) is 2.69. The fourth-order valence-corrected chi connectivity index (χ4v) is 3.93. The SMILES string of the molecule is CCC(OC1CCCCC1)C(=O)N1CCC(Oc2ccncc2C)CC1. The Kier molecular flexibility index (Phi) is 6.89. The lowest BCUT2D eigenvalue weighted by Gasteiger charge is -2.35. The van der Waals surface area contributed by atoms with Gasteiger partial charge in [-0.05, 0) is 32.3 Å². The number of carbonyl (C=O) groups excluding carboxylic acids is 1. The minimum absolute atomic E-state index is 0.164. The highest BCUT2D eigenvalue weighted by Gasteiger charge is 2.30. The molecule has 2 heterocycles. The topological polar surface area (TPSA) is 51.7 Å². The van der Waals surface area contributed by atoms with Crippen LogP contribution in [-0.2, 0) is 9.53 Å². The van der Waals surface area contributed by atoms with Crippen LogP contribution in [0.25, 0.3) is 0 Å². The van der Waals surface area contributed by atoms with Gasteiger partial charge in [0.2, 0.25) is 0 Å². The molecule has 144 valence electrons. The number of piperidine rings is 1. The molecule has 1 saturated heterocycles. The summed E-state index contributed by atoms with van der Waals surface area (Å²) < 4.78 is 12.3. The standard InChI is InChI=1S/C21H32N2O3/c1-3-19(25-17-7-5-4-6-8-17)21(24)23-13-10-18(11-14-23)26-20-9-12-22-15-16(20)2/h9,12,15,17-19H,3-8,10-11,13-14H2,1-2H3. The first kappa shape index (κ1) is 19.2. The van der Waals surface area contributed by atoms with Crippen LogP contribution < -0.4 is 4.74 Å². The van der Waals surface area contributed by atoms with Gasteiger partial charge in [-0.25, -0.2) is 0 Å². The Hall–Kier alpha value is -1.62. The van der Waals surface area contributed by atoms with Gasteiger partial charge in [-0.1, -0.05) is 26.2 Å². The molecule has 1 aromatic rings. The Bertz CT molecular complexity index is 578. The van der Waals surface area contributed by atoms with Crippen molar-refractivity contribution in [3.8, 4) is 5.75 Å². The summed E-state index contributed by atoms with van der Waals surface area (Å²) in [7, 11) is 0. The molecule has 1 saturated carbocycles.